The number of methoxy groups -OCH3 is 3. The van der Waals surface area contributed by atoms with Crippen LogP contribution in [0.3, 0.4) is 0 Å². The van der Waals surface area contributed by atoms with E-state index in [9.17, 15) is 10.1 Å². The summed E-state index contributed by atoms with van der Waals surface area (Å²) in [5.74, 6) is 3.62. The molecule has 12 heteroatoms. The molecule has 44 heavy (non-hydrogen) atoms. The zero-order valence-electron chi connectivity index (χ0n) is 26.4. The number of aromatic nitrogens is 2. The third kappa shape index (κ3) is 11.3. The quantitative estimate of drug-likeness (QED) is 0.0866. The smallest absolute Gasteiger partial charge is 0.381 e. The van der Waals surface area contributed by atoms with Gasteiger partial charge in [0.1, 0.15) is 12.8 Å². The van der Waals surface area contributed by atoms with E-state index >= 15 is 0 Å². The minimum Gasteiger partial charge on any atom is -0.493 e. The topological polar surface area (TPSA) is 126 Å². The highest BCUT2D eigenvalue weighted by molar-refractivity contribution is 5.44. The van der Waals surface area contributed by atoms with Gasteiger partial charge in [0, 0.05) is 6.54 Å². The molecule has 0 saturated heterocycles. The van der Waals surface area contributed by atoms with E-state index in [1.54, 1.807) is 25.9 Å². The van der Waals surface area contributed by atoms with Crippen molar-refractivity contribution < 1.29 is 38.1 Å². The van der Waals surface area contributed by atoms with Crippen LogP contribution in [0.25, 0.3) is 0 Å². The summed E-state index contributed by atoms with van der Waals surface area (Å²) in [6, 6.07) is 12.2. The minimum absolute atomic E-state index is 0.175. The fourth-order valence-electron chi connectivity index (χ4n) is 4.60. The normalized spacial score (nSPS) is 12.5. The van der Waals surface area contributed by atoms with Crippen LogP contribution in [0.15, 0.2) is 48.9 Å². The first-order valence-corrected chi connectivity index (χ1v) is 14.7. The average molecular weight is 616 g/mol. The maximum Gasteiger partial charge on any atom is 0.381 e. The van der Waals surface area contributed by atoms with E-state index in [4.69, 9.17) is 33.2 Å². The Morgan fingerprint density at radius 3 is 1.75 bits per heavy atom. The van der Waals surface area contributed by atoms with Crippen molar-refractivity contribution in [1.82, 2.24) is 9.55 Å². The highest BCUT2D eigenvalue weighted by Gasteiger charge is 2.16. The van der Waals surface area contributed by atoms with E-state index < -0.39 is 4.92 Å². The van der Waals surface area contributed by atoms with E-state index in [-0.39, 0.29) is 5.82 Å². The predicted molar refractivity (Wildman–Crippen MR) is 165 cm³/mol. The van der Waals surface area contributed by atoms with Gasteiger partial charge in [-0.2, -0.15) is 0 Å². The average Bonchev–Trinajstić information content (AvgIpc) is 3.51. The van der Waals surface area contributed by atoms with Gasteiger partial charge in [-0.3, -0.25) is 0 Å². The summed E-state index contributed by atoms with van der Waals surface area (Å²) in [4.78, 5) is 13.8. The maximum atomic E-state index is 10.6. The number of imidazole rings is 1. The molecule has 3 rings (SSSR count). The molecule has 0 spiro atoms. The summed E-state index contributed by atoms with van der Waals surface area (Å²) in [5, 5.41) is 10.6. The summed E-state index contributed by atoms with van der Waals surface area (Å²) in [6.07, 6.45) is 4.66. The van der Waals surface area contributed by atoms with Gasteiger partial charge in [0.05, 0.1) is 61.0 Å². The standard InChI is InChI=1S/C32H45N3O9/c1-24(18-26-6-8-28(38-3)30(20-26)39-4)25(2)19-27-7-9-29(31(21-27)40-5)44-17-16-43-15-14-42-13-12-41-11-10-34-22-32(33-23-34)35(36)37/h6-9,20-25H,10-19H2,1-5H3/t24-,25+/m1/s1. The molecule has 3 aromatic rings. The molecule has 0 saturated carbocycles. The summed E-state index contributed by atoms with van der Waals surface area (Å²) in [6.45, 7) is 8.00. The van der Waals surface area contributed by atoms with Gasteiger partial charge in [-0.15, -0.1) is 0 Å². The lowest BCUT2D eigenvalue weighted by Gasteiger charge is -2.21. The molecule has 0 aliphatic heterocycles. The van der Waals surface area contributed by atoms with E-state index in [0.717, 1.165) is 24.3 Å². The van der Waals surface area contributed by atoms with Crippen LogP contribution >= 0.6 is 0 Å². The lowest BCUT2D eigenvalue weighted by molar-refractivity contribution is -0.389. The van der Waals surface area contributed by atoms with Gasteiger partial charge in [0.25, 0.3) is 0 Å². The van der Waals surface area contributed by atoms with Crippen molar-refractivity contribution in [2.75, 3.05) is 67.6 Å². The summed E-state index contributed by atoms with van der Waals surface area (Å²) in [7, 11) is 4.95. The third-order valence-corrected chi connectivity index (χ3v) is 7.29. The first-order valence-electron chi connectivity index (χ1n) is 14.7. The monoisotopic (exact) mass is 615 g/mol. The molecule has 0 radical (unpaired) electrons. The maximum absolute atomic E-state index is 10.6. The number of hydrogen-bond donors (Lipinski definition) is 0. The van der Waals surface area contributed by atoms with Crippen LogP contribution in [-0.2, 0) is 33.6 Å². The lowest BCUT2D eigenvalue weighted by atomic mass is 9.85. The first-order chi connectivity index (χ1) is 21.3. The molecule has 0 amide bonds. The molecule has 0 aliphatic carbocycles. The molecule has 1 heterocycles. The summed E-state index contributed by atoms with van der Waals surface area (Å²) >= 11 is 0. The highest BCUT2D eigenvalue weighted by Crippen LogP contribution is 2.32. The number of ether oxygens (including phenoxy) is 7. The molecular formula is C32H45N3O9. The van der Waals surface area contributed by atoms with Crippen LogP contribution < -0.4 is 18.9 Å². The molecule has 0 bridgehead atoms. The third-order valence-electron chi connectivity index (χ3n) is 7.29. The van der Waals surface area contributed by atoms with Gasteiger partial charge in [0.2, 0.25) is 6.33 Å². The van der Waals surface area contributed by atoms with Crippen LogP contribution in [-0.4, -0.2) is 82.1 Å². The summed E-state index contributed by atoms with van der Waals surface area (Å²) in [5.41, 5.74) is 2.42. The molecule has 0 unspecified atom stereocenters. The van der Waals surface area contributed by atoms with Gasteiger partial charge >= 0.3 is 5.82 Å². The van der Waals surface area contributed by atoms with Crippen LogP contribution in [0.1, 0.15) is 25.0 Å². The van der Waals surface area contributed by atoms with Crippen LogP contribution in [0.5, 0.6) is 23.0 Å². The fraction of sp³-hybridized carbons (Fsp3) is 0.531. The molecular weight excluding hydrogens is 570 g/mol. The zero-order chi connectivity index (χ0) is 31.7. The van der Waals surface area contributed by atoms with Crippen molar-refractivity contribution in [2.45, 2.75) is 33.2 Å². The lowest BCUT2D eigenvalue weighted by Crippen LogP contribution is -2.14. The Hall–Kier alpha value is -3.87. The first kappa shape index (κ1) is 34.6. The van der Waals surface area contributed by atoms with Gasteiger partial charge in [0.15, 0.2) is 23.0 Å². The molecule has 0 fully saturated rings. The SMILES string of the molecule is COc1ccc(C[C@@H](C)[C@@H](C)Cc2ccc(OCCOCCOCCOCCn3cnc([N+](=O)[O-])c3)c(OC)c2)cc1OC. The Kier molecular flexibility index (Phi) is 14.7. The van der Waals surface area contributed by atoms with E-state index in [1.165, 1.54) is 23.7 Å². The second-order valence-electron chi connectivity index (χ2n) is 10.4. The number of hydrogen-bond acceptors (Lipinski definition) is 10. The number of nitrogens with zero attached hydrogens (tertiary/aromatic N) is 3. The Balaban J connectivity index is 1.28. The molecule has 12 nitrogen and oxygen atoms in total. The van der Waals surface area contributed by atoms with Crippen molar-refractivity contribution in [3.63, 3.8) is 0 Å². The zero-order valence-corrected chi connectivity index (χ0v) is 26.4. The van der Waals surface area contributed by atoms with Crippen molar-refractivity contribution in [2.24, 2.45) is 11.8 Å². The van der Waals surface area contributed by atoms with Crippen molar-refractivity contribution >= 4 is 5.82 Å². The van der Waals surface area contributed by atoms with E-state index in [0.29, 0.717) is 76.1 Å². The Bertz CT molecular complexity index is 1280. The predicted octanol–water partition coefficient (Wildman–Crippen LogP) is 5.00. The van der Waals surface area contributed by atoms with Crippen molar-refractivity contribution in [3.8, 4) is 23.0 Å². The molecule has 1 aromatic heterocycles. The fourth-order valence-corrected chi connectivity index (χ4v) is 4.60. The minimum atomic E-state index is -0.527. The number of nitro groups is 1. The van der Waals surface area contributed by atoms with E-state index in [2.05, 4.69) is 37.0 Å². The number of rotatable bonds is 22. The van der Waals surface area contributed by atoms with Crippen molar-refractivity contribution in [3.05, 3.63) is 70.2 Å². The van der Waals surface area contributed by atoms with Gasteiger partial charge in [-0.25, -0.2) is 0 Å². The second kappa shape index (κ2) is 18.7. The van der Waals surface area contributed by atoms with Crippen LogP contribution in [0, 0.1) is 22.0 Å². The highest BCUT2D eigenvalue weighted by atomic mass is 16.6. The molecule has 2 atom stereocenters. The van der Waals surface area contributed by atoms with E-state index in [1.807, 2.05) is 18.2 Å². The molecule has 242 valence electrons. The Morgan fingerprint density at radius 2 is 1.23 bits per heavy atom. The van der Waals surface area contributed by atoms with Gasteiger partial charge in [-0.1, -0.05) is 26.0 Å². The second-order valence-corrected chi connectivity index (χ2v) is 10.4. The Morgan fingerprint density at radius 1 is 0.727 bits per heavy atom. The number of benzene rings is 2. The van der Waals surface area contributed by atoms with Crippen LogP contribution in [0.4, 0.5) is 5.82 Å². The summed E-state index contributed by atoms with van der Waals surface area (Å²) < 4.78 is 40.5. The van der Waals surface area contributed by atoms with Crippen LogP contribution in [0.2, 0.25) is 0 Å². The molecule has 0 aliphatic rings. The largest absolute Gasteiger partial charge is 0.493 e. The molecule has 2 aromatic carbocycles. The van der Waals surface area contributed by atoms with Gasteiger partial charge < -0.3 is 47.8 Å². The Labute approximate surface area is 259 Å². The van der Waals surface area contributed by atoms with Crippen molar-refractivity contribution in [1.29, 1.82) is 0 Å². The van der Waals surface area contributed by atoms with Gasteiger partial charge in [-0.05, 0) is 70.0 Å². The molecule has 0 N–H and O–H groups in total.